The molecule has 0 amide bonds. The normalized spacial score (nSPS) is 22.0. The number of hydrogen-bond donors (Lipinski definition) is 1. The Morgan fingerprint density at radius 1 is 1.05 bits per heavy atom. The van der Waals surface area contributed by atoms with Gasteiger partial charge in [0.05, 0.1) is 36.6 Å². The molecule has 2 aliphatic heterocycles. The number of nitriles is 1. The number of ether oxygens (including phenoxy) is 1. The summed E-state index contributed by atoms with van der Waals surface area (Å²) >= 11 is 0. The van der Waals surface area contributed by atoms with Crippen molar-refractivity contribution in [3.63, 3.8) is 0 Å². The van der Waals surface area contributed by atoms with Crippen molar-refractivity contribution < 1.29 is 4.74 Å². The molecule has 7 rings (SSSR count). The number of nitrogens with two attached hydrogens (primary N) is 1. The number of nitrogens with zero attached hydrogens (tertiary/aromatic N) is 9. The van der Waals surface area contributed by atoms with Gasteiger partial charge < -0.3 is 15.4 Å². The van der Waals surface area contributed by atoms with E-state index in [1.165, 1.54) is 0 Å². The summed E-state index contributed by atoms with van der Waals surface area (Å²) in [7, 11) is 3.51. The molecule has 2 aliphatic rings. The standard InChI is InChI=1S/C30H30N10O/c1-30(32)18-38(14-19-4-7-27(41-3)34-10-19)25-17-39(29(25)30)26-6-5-20(11-33-26)24-8-21(23-13-35-37(2)15-23)16-40-28(24)22(9-31)12-36-40/h4-8,10-13,15-16,25,29H,14,17-18,32H2,1-3H3/t25-,29+,30-/m0/s1. The van der Waals surface area contributed by atoms with Crippen molar-refractivity contribution in [2.45, 2.75) is 31.1 Å². The fourth-order valence-electron chi connectivity index (χ4n) is 6.38. The van der Waals surface area contributed by atoms with E-state index in [9.17, 15) is 5.26 Å². The Labute approximate surface area is 237 Å². The number of rotatable bonds is 6. The van der Waals surface area contributed by atoms with Gasteiger partial charge in [-0.25, -0.2) is 14.5 Å². The van der Waals surface area contributed by atoms with Crippen molar-refractivity contribution in [3.05, 3.63) is 78.6 Å². The van der Waals surface area contributed by atoms with Gasteiger partial charge in [-0.3, -0.25) is 9.58 Å². The Hall–Kier alpha value is -4.79. The quantitative estimate of drug-likeness (QED) is 0.342. The summed E-state index contributed by atoms with van der Waals surface area (Å²) in [5.74, 6) is 1.51. The van der Waals surface area contributed by atoms with Crippen molar-refractivity contribution in [1.82, 2.24) is 34.3 Å². The Bertz CT molecular complexity index is 1780. The number of pyridine rings is 3. The largest absolute Gasteiger partial charge is 0.481 e. The van der Waals surface area contributed by atoms with Crippen LogP contribution in [0.3, 0.4) is 0 Å². The maximum atomic E-state index is 9.75. The number of aryl methyl sites for hydroxylation is 1. The Kier molecular flexibility index (Phi) is 5.78. The summed E-state index contributed by atoms with van der Waals surface area (Å²) in [5.41, 5.74) is 12.6. The third-order valence-corrected chi connectivity index (χ3v) is 8.29. The third kappa shape index (κ3) is 4.20. The second kappa shape index (κ2) is 9.40. The van der Waals surface area contributed by atoms with Gasteiger partial charge in [0.15, 0.2) is 0 Å². The van der Waals surface area contributed by atoms with Gasteiger partial charge in [-0.05, 0) is 30.7 Å². The van der Waals surface area contributed by atoms with Crippen LogP contribution >= 0.6 is 0 Å². The monoisotopic (exact) mass is 546 g/mol. The van der Waals surface area contributed by atoms with Crippen LogP contribution in [0.15, 0.2) is 67.5 Å². The van der Waals surface area contributed by atoms with Gasteiger partial charge in [-0.2, -0.15) is 15.5 Å². The minimum atomic E-state index is -0.382. The van der Waals surface area contributed by atoms with Crippen molar-refractivity contribution >= 4 is 11.3 Å². The minimum absolute atomic E-state index is 0.160. The van der Waals surface area contributed by atoms with Crippen molar-refractivity contribution in [2.24, 2.45) is 12.8 Å². The van der Waals surface area contributed by atoms with E-state index in [2.05, 4.69) is 56.2 Å². The van der Waals surface area contributed by atoms with Crippen LogP contribution in [-0.4, -0.2) is 72.1 Å². The molecular formula is C30H30N10O. The zero-order valence-corrected chi connectivity index (χ0v) is 23.1. The van der Waals surface area contributed by atoms with E-state index in [4.69, 9.17) is 15.5 Å². The molecule has 11 heteroatoms. The fourth-order valence-corrected chi connectivity index (χ4v) is 6.38. The molecule has 2 fully saturated rings. The van der Waals surface area contributed by atoms with Gasteiger partial charge in [0.25, 0.3) is 0 Å². The smallest absolute Gasteiger partial charge is 0.212 e. The molecule has 5 aromatic heterocycles. The molecule has 7 heterocycles. The van der Waals surface area contributed by atoms with Gasteiger partial charge >= 0.3 is 0 Å². The van der Waals surface area contributed by atoms with Crippen LogP contribution in [0.2, 0.25) is 0 Å². The second-order valence-electron chi connectivity index (χ2n) is 11.2. The molecule has 0 spiro atoms. The highest BCUT2D eigenvalue weighted by Gasteiger charge is 2.57. The van der Waals surface area contributed by atoms with E-state index >= 15 is 0 Å². The van der Waals surface area contributed by atoms with E-state index < -0.39 is 0 Å². The lowest BCUT2D eigenvalue weighted by Gasteiger charge is -2.51. The molecule has 3 atom stereocenters. The summed E-state index contributed by atoms with van der Waals surface area (Å²) in [6.07, 6.45) is 11.1. The summed E-state index contributed by atoms with van der Waals surface area (Å²) in [6.45, 7) is 4.57. The third-order valence-electron chi connectivity index (χ3n) is 8.29. The average Bonchev–Trinajstić information content (AvgIpc) is 3.62. The second-order valence-corrected chi connectivity index (χ2v) is 11.2. The molecule has 0 radical (unpaired) electrons. The molecule has 206 valence electrons. The minimum Gasteiger partial charge on any atom is -0.481 e. The first-order chi connectivity index (χ1) is 19.8. The summed E-state index contributed by atoms with van der Waals surface area (Å²) in [4.78, 5) is 14.0. The maximum Gasteiger partial charge on any atom is 0.212 e. The Morgan fingerprint density at radius 2 is 1.93 bits per heavy atom. The number of anilines is 1. The van der Waals surface area contributed by atoms with Crippen molar-refractivity contribution in [1.29, 1.82) is 5.26 Å². The van der Waals surface area contributed by atoms with E-state index in [0.717, 1.165) is 58.8 Å². The number of methoxy groups -OCH3 is 1. The van der Waals surface area contributed by atoms with Crippen molar-refractivity contribution in [3.8, 4) is 34.2 Å². The molecule has 0 bridgehead atoms. The molecule has 11 nitrogen and oxygen atoms in total. The molecule has 41 heavy (non-hydrogen) atoms. The Morgan fingerprint density at radius 3 is 2.61 bits per heavy atom. The van der Waals surface area contributed by atoms with Gasteiger partial charge in [0, 0.05) is 91.4 Å². The number of fused-ring (bicyclic) bond motifs is 2. The lowest BCUT2D eigenvalue weighted by atomic mass is 9.85. The Balaban J connectivity index is 1.16. The molecule has 2 N–H and O–H groups in total. The lowest BCUT2D eigenvalue weighted by molar-refractivity contribution is 0.193. The molecule has 2 saturated heterocycles. The van der Waals surface area contributed by atoms with Gasteiger partial charge in [0.2, 0.25) is 5.88 Å². The van der Waals surface area contributed by atoms with Crippen LogP contribution < -0.4 is 15.4 Å². The first-order valence-electron chi connectivity index (χ1n) is 13.5. The lowest BCUT2D eigenvalue weighted by Crippen LogP contribution is -2.69. The maximum absolute atomic E-state index is 9.75. The van der Waals surface area contributed by atoms with E-state index in [1.807, 2.05) is 50.2 Å². The molecule has 0 saturated carbocycles. The highest BCUT2D eigenvalue weighted by Crippen LogP contribution is 2.41. The van der Waals surface area contributed by atoms with Crippen LogP contribution in [0.25, 0.3) is 27.8 Å². The topological polar surface area (TPSA) is 126 Å². The van der Waals surface area contributed by atoms with Gasteiger partial charge in [-0.15, -0.1) is 0 Å². The zero-order valence-electron chi connectivity index (χ0n) is 23.1. The molecular weight excluding hydrogens is 516 g/mol. The molecule has 0 unspecified atom stereocenters. The zero-order chi connectivity index (χ0) is 28.3. The first-order valence-corrected chi connectivity index (χ1v) is 13.5. The number of likely N-dealkylation sites (tertiary alicyclic amines) is 1. The number of hydrogen-bond acceptors (Lipinski definition) is 9. The van der Waals surface area contributed by atoms with Crippen molar-refractivity contribution in [2.75, 3.05) is 25.1 Å². The number of aromatic nitrogens is 6. The SMILES string of the molecule is COc1ccc(CN2C[C@](C)(N)[C@H]3[C@@H]2CN3c2ccc(-c3cc(-c4cnn(C)c4)cn4ncc(C#N)c34)cn2)cn1. The highest BCUT2D eigenvalue weighted by atomic mass is 16.5. The van der Waals surface area contributed by atoms with Crippen LogP contribution in [-0.2, 0) is 13.6 Å². The van der Waals surface area contributed by atoms with E-state index in [0.29, 0.717) is 17.5 Å². The van der Waals surface area contributed by atoms with Crippen LogP contribution in [0.1, 0.15) is 18.1 Å². The highest BCUT2D eigenvalue weighted by molar-refractivity contribution is 5.87. The molecule has 0 aliphatic carbocycles. The fraction of sp³-hybridized carbons (Fsp3) is 0.300. The summed E-state index contributed by atoms with van der Waals surface area (Å²) in [5, 5.41) is 18.5. The first kappa shape index (κ1) is 25.2. The predicted molar refractivity (Wildman–Crippen MR) is 154 cm³/mol. The molecule has 5 aromatic rings. The van der Waals surface area contributed by atoms with Gasteiger partial charge in [-0.1, -0.05) is 6.07 Å². The molecule has 0 aromatic carbocycles. The summed E-state index contributed by atoms with van der Waals surface area (Å²) in [6, 6.07) is 12.9. The average molecular weight is 547 g/mol. The van der Waals surface area contributed by atoms with Crippen LogP contribution in [0, 0.1) is 11.3 Å². The van der Waals surface area contributed by atoms with E-state index in [-0.39, 0.29) is 11.6 Å². The summed E-state index contributed by atoms with van der Waals surface area (Å²) < 4.78 is 8.72. The predicted octanol–water partition coefficient (Wildman–Crippen LogP) is 2.86. The van der Waals surface area contributed by atoms with Crippen LogP contribution in [0.4, 0.5) is 5.82 Å². The van der Waals surface area contributed by atoms with Gasteiger partial charge in [0.1, 0.15) is 11.9 Å². The van der Waals surface area contributed by atoms with Crippen LogP contribution in [0.5, 0.6) is 5.88 Å². The van der Waals surface area contributed by atoms with E-state index in [1.54, 1.807) is 22.5 Å².